The number of aromatic nitrogens is 1. The van der Waals surface area contributed by atoms with Crippen LogP contribution in [0.25, 0.3) is 10.9 Å². The second-order valence-electron chi connectivity index (χ2n) is 10.1. The third kappa shape index (κ3) is 8.88. The maximum Gasteiger partial charge on any atom is 0.328 e. The Kier molecular flexibility index (Phi) is 11.2. The average molecular weight is 581 g/mol. The molecule has 3 rings (SSSR count). The first-order chi connectivity index (χ1) is 20.0. The first kappa shape index (κ1) is 31.8. The number of rotatable bonds is 15. The van der Waals surface area contributed by atoms with Crippen LogP contribution >= 0.6 is 0 Å². The first-order valence-electron chi connectivity index (χ1n) is 13.4. The molecule has 0 spiro atoms. The number of benzene rings is 2. The van der Waals surface area contributed by atoms with Crippen LogP contribution in [0.3, 0.4) is 0 Å². The van der Waals surface area contributed by atoms with Gasteiger partial charge < -0.3 is 42.6 Å². The Labute approximate surface area is 242 Å². The summed E-state index contributed by atoms with van der Waals surface area (Å²) < 4.78 is 0. The third-order valence-corrected chi connectivity index (χ3v) is 6.73. The number of hydrogen-bond acceptors (Lipinski definition) is 7. The van der Waals surface area contributed by atoms with E-state index in [9.17, 15) is 34.2 Å². The molecule has 224 valence electrons. The highest BCUT2D eigenvalue weighted by molar-refractivity contribution is 5.95. The number of para-hydroxylation sites is 1. The lowest BCUT2D eigenvalue weighted by Crippen LogP contribution is -2.59. The van der Waals surface area contributed by atoms with E-state index in [1.54, 1.807) is 36.5 Å². The van der Waals surface area contributed by atoms with E-state index in [1.165, 1.54) is 6.92 Å². The molecular formula is C29H36N6O7. The fraction of sp³-hybridized carbons (Fsp3) is 0.345. The van der Waals surface area contributed by atoms with Gasteiger partial charge in [-0.25, -0.2) is 4.79 Å². The quantitative estimate of drug-likeness (QED) is 0.116. The number of nitrogens with two attached hydrogens (primary N) is 2. The average Bonchev–Trinajstić information content (AvgIpc) is 3.36. The van der Waals surface area contributed by atoms with Gasteiger partial charge in [0.15, 0.2) is 6.04 Å². The van der Waals surface area contributed by atoms with Gasteiger partial charge in [0.05, 0.1) is 12.1 Å². The van der Waals surface area contributed by atoms with E-state index in [2.05, 4.69) is 20.9 Å². The molecule has 5 unspecified atom stereocenters. The summed E-state index contributed by atoms with van der Waals surface area (Å²) in [6, 6.07) is 11.0. The summed E-state index contributed by atoms with van der Waals surface area (Å²) in [5, 5.41) is 27.5. The maximum absolute atomic E-state index is 13.5. The van der Waals surface area contributed by atoms with Crippen molar-refractivity contribution < 1.29 is 34.2 Å². The summed E-state index contributed by atoms with van der Waals surface area (Å²) in [6.07, 6.45) is -0.0394. The lowest BCUT2D eigenvalue weighted by molar-refractivity contribution is -0.145. The molecule has 5 atom stereocenters. The van der Waals surface area contributed by atoms with Crippen molar-refractivity contribution >= 4 is 40.5 Å². The Bertz CT molecular complexity index is 1410. The summed E-state index contributed by atoms with van der Waals surface area (Å²) >= 11 is 0. The van der Waals surface area contributed by atoms with E-state index in [0.717, 1.165) is 16.5 Å². The molecule has 42 heavy (non-hydrogen) atoms. The Morgan fingerprint density at radius 2 is 1.48 bits per heavy atom. The topological polar surface area (TPSA) is 230 Å². The number of primary amides is 1. The molecule has 0 bridgehead atoms. The van der Waals surface area contributed by atoms with Crippen molar-refractivity contribution in [3.63, 3.8) is 0 Å². The molecule has 1 heterocycles. The van der Waals surface area contributed by atoms with Crippen LogP contribution in [0.1, 0.15) is 30.9 Å². The van der Waals surface area contributed by atoms with Gasteiger partial charge in [-0.2, -0.15) is 0 Å². The van der Waals surface area contributed by atoms with Crippen molar-refractivity contribution in [1.29, 1.82) is 0 Å². The molecular weight excluding hydrogens is 544 g/mol. The second-order valence-corrected chi connectivity index (χ2v) is 10.1. The normalized spacial score (nSPS) is 14.6. The zero-order valence-corrected chi connectivity index (χ0v) is 23.1. The molecule has 10 N–H and O–H groups in total. The van der Waals surface area contributed by atoms with Crippen molar-refractivity contribution in [2.24, 2.45) is 11.5 Å². The van der Waals surface area contributed by atoms with E-state index in [0.29, 0.717) is 5.56 Å². The predicted molar refractivity (Wildman–Crippen MR) is 154 cm³/mol. The Morgan fingerprint density at radius 1 is 0.857 bits per heavy atom. The summed E-state index contributed by atoms with van der Waals surface area (Å²) in [7, 11) is 0. The minimum Gasteiger partial charge on any atom is -0.480 e. The van der Waals surface area contributed by atoms with E-state index in [-0.39, 0.29) is 25.7 Å². The van der Waals surface area contributed by atoms with Crippen molar-refractivity contribution in [2.75, 3.05) is 0 Å². The zero-order valence-electron chi connectivity index (χ0n) is 23.1. The van der Waals surface area contributed by atoms with Crippen molar-refractivity contribution in [1.82, 2.24) is 20.9 Å². The number of aliphatic hydroxyl groups excluding tert-OH is 1. The van der Waals surface area contributed by atoms with Gasteiger partial charge in [-0.05, 0) is 37.0 Å². The van der Waals surface area contributed by atoms with Gasteiger partial charge >= 0.3 is 5.97 Å². The second kappa shape index (κ2) is 14.8. The molecule has 2 aromatic carbocycles. The number of H-pyrrole nitrogens is 1. The minimum absolute atomic E-state index is 0.0578. The van der Waals surface area contributed by atoms with Gasteiger partial charge in [0, 0.05) is 29.9 Å². The number of aliphatic carboxylic acids is 1. The molecule has 13 nitrogen and oxygen atoms in total. The zero-order chi connectivity index (χ0) is 30.8. The molecule has 0 radical (unpaired) electrons. The lowest BCUT2D eigenvalue weighted by atomic mass is 10.0. The predicted octanol–water partition coefficient (Wildman–Crippen LogP) is -0.534. The van der Waals surface area contributed by atoms with Gasteiger partial charge in [-0.1, -0.05) is 48.5 Å². The van der Waals surface area contributed by atoms with Crippen LogP contribution in [0, 0.1) is 0 Å². The number of hydrogen-bond donors (Lipinski definition) is 8. The van der Waals surface area contributed by atoms with E-state index < -0.39 is 59.9 Å². The molecule has 1 aromatic heterocycles. The van der Waals surface area contributed by atoms with Crippen molar-refractivity contribution in [3.05, 3.63) is 71.9 Å². The fourth-order valence-electron chi connectivity index (χ4n) is 4.44. The highest BCUT2D eigenvalue weighted by atomic mass is 16.4. The van der Waals surface area contributed by atoms with Crippen LogP contribution in [-0.4, -0.2) is 75.1 Å². The molecule has 0 saturated carbocycles. The lowest BCUT2D eigenvalue weighted by Gasteiger charge is -2.25. The number of amides is 4. The molecule has 13 heteroatoms. The summed E-state index contributed by atoms with van der Waals surface area (Å²) in [4.78, 5) is 65.9. The van der Waals surface area contributed by atoms with E-state index in [4.69, 9.17) is 11.5 Å². The summed E-state index contributed by atoms with van der Waals surface area (Å²) in [5.41, 5.74) is 13.6. The van der Waals surface area contributed by atoms with Crippen LogP contribution in [0.4, 0.5) is 0 Å². The largest absolute Gasteiger partial charge is 0.480 e. The Morgan fingerprint density at radius 3 is 2.12 bits per heavy atom. The molecule has 0 aliphatic rings. The van der Waals surface area contributed by atoms with Crippen molar-refractivity contribution in [2.45, 2.75) is 62.9 Å². The molecule has 4 amide bonds. The van der Waals surface area contributed by atoms with Crippen LogP contribution in [-0.2, 0) is 36.8 Å². The summed E-state index contributed by atoms with van der Waals surface area (Å²) in [5.74, 6) is -4.50. The van der Waals surface area contributed by atoms with E-state index >= 15 is 0 Å². The Hall–Kier alpha value is -4.75. The minimum atomic E-state index is -1.64. The van der Waals surface area contributed by atoms with Gasteiger partial charge in [0.2, 0.25) is 23.6 Å². The van der Waals surface area contributed by atoms with Crippen LogP contribution in [0.5, 0.6) is 0 Å². The SMILES string of the molecule is CC(O)C(NC(=O)C(Cc1c[nH]c2ccccc12)NC(=O)C(CCC(N)=O)NC(=O)C(N)Cc1ccccc1)C(=O)O. The highest BCUT2D eigenvalue weighted by Crippen LogP contribution is 2.19. The molecule has 0 aliphatic heterocycles. The fourth-order valence-corrected chi connectivity index (χ4v) is 4.44. The number of aliphatic hydroxyl groups is 1. The number of fused-ring (bicyclic) bond motifs is 1. The number of aromatic amines is 1. The Balaban J connectivity index is 1.83. The maximum atomic E-state index is 13.5. The molecule has 0 saturated heterocycles. The molecule has 0 fully saturated rings. The van der Waals surface area contributed by atoms with Gasteiger partial charge in [-0.3, -0.25) is 19.2 Å². The number of nitrogens with one attached hydrogen (secondary N) is 4. The van der Waals surface area contributed by atoms with Gasteiger partial charge in [0.25, 0.3) is 0 Å². The number of carboxylic acid groups (broad SMARTS) is 1. The molecule has 3 aromatic rings. The van der Waals surface area contributed by atoms with Crippen LogP contribution in [0.2, 0.25) is 0 Å². The number of carbonyl (C=O) groups excluding carboxylic acids is 4. The van der Waals surface area contributed by atoms with Crippen molar-refractivity contribution in [3.8, 4) is 0 Å². The van der Waals surface area contributed by atoms with Crippen LogP contribution in [0.15, 0.2) is 60.8 Å². The third-order valence-electron chi connectivity index (χ3n) is 6.73. The number of carboxylic acids is 1. The number of carbonyl (C=O) groups is 5. The van der Waals surface area contributed by atoms with Gasteiger partial charge in [0.1, 0.15) is 12.1 Å². The van der Waals surface area contributed by atoms with E-state index in [1.807, 2.05) is 24.3 Å². The van der Waals surface area contributed by atoms with Gasteiger partial charge in [-0.15, -0.1) is 0 Å². The summed E-state index contributed by atoms with van der Waals surface area (Å²) in [6.45, 7) is 1.21. The standard InChI is InChI=1S/C29H36N6O7/c1-16(36)25(29(41)42)35-28(40)23(14-18-15-32-21-10-6-5-9-19(18)21)34-27(39)22(11-12-24(31)37)33-26(38)20(30)13-17-7-3-2-4-8-17/h2-10,15-16,20,22-23,25,32,36H,11-14,30H2,1H3,(H2,31,37)(H,33,38)(H,34,39)(H,35,40)(H,41,42). The molecule has 0 aliphatic carbocycles. The highest BCUT2D eigenvalue weighted by Gasteiger charge is 2.32. The van der Waals surface area contributed by atoms with Crippen LogP contribution < -0.4 is 27.4 Å². The monoisotopic (exact) mass is 580 g/mol. The first-order valence-corrected chi connectivity index (χ1v) is 13.4. The smallest absolute Gasteiger partial charge is 0.328 e.